The van der Waals surface area contributed by atoms with Gasteiger partial charge in [0, 0.05) is 6.07 Å². The van der Waals surface area contributed by atoms with Gasteiger partial charge in [0.1, 0.15) is 0 Å². The summed E-state index contributed by atoms with van der Waals surface area (Å²) in [6.45, 7) is 0.607. The number of aromatic nitrogens is 1. The van der Waals surface area contributed by atoms with Crippen molar-refractivity contribution in [1.29, 1.82) is 0 Å². The van der Waals surface area contributed by atoms with Crippen molar-refractivity contribution in [3.05, 3.63) is 24.4 Å². The van der Waals surface area contributed by atoms with E-state index >= 15 is 0 Å². The Morgan fingerprint density at radius 2 is 2.56 bits per heavy atom. The van der Waals surface area contributed by atoms with Gasteiger partial charge < -0.3 is 0 Å². The van der Waals surface area contributed by atoms with E-state index in [2.05, 4.69) is 5.48 Å². The number of nitrogens with zero attached hydrogens (tertiary/aromatic N) is 1. The Hall–Kier alpha value is -1.09. The highest BCUT2D eigenvalue weighted by Crippen LogP contribution is 2.02. The predicted octanol–water partition coefficient (Wildman–Crippen LogP) is 0.289. The lowest BCUT2D eigenvalue weighted by Crippen LogP contribution is -2.29. The third-order valence-corrected chi connectivity index (χ3v) is 1.32. The van der Waals surface area contributed by atoms with E-state index in [0.717, 1.165) is 5.82 Å². The summed E-state index contributed by atoms with van der Waals surface area (Å²) in [4.78, 5) is 4.93. The maximum Gasteiger partial charge on any atom is 0.306 e. The van der Waals surface area contributed by atoms with E-state index in [1.165, 1.54) is 0 Å². The molecule has 2 heterocycles. The monoisotopic (exact) mass is 123 g/mol. The Morgan fingerprint density at radius 3 is 3.44 bits per heavy atom. The van der Waals surface area contributed by atoms with Crippen molar-refractivity contribution in [3.8, 4) is 0 Å². The topological polar surface area (TPSA) is 25.1 Å². The van der Waals surface area contributed by atoms with Gasteiger partial charge >= 0.3 is 5.82 Å². The Bertz CT molecular complexity index is 201. The summed E-state index contributed by atoms with van der Waals surface area (Å²) in [7, 11) is 0. The highest BCUT2D eigenvalue weighted by molar-refractivity contribution is 5.24. The maximum atomic E-state index is 4.93. The lowest BCUT2D eigenvalue weighted by Gasteiger charge is -1.85. The molecule has 0 spiro atoms. The van der Waals surface area contributed by atoms with E-state index < -0.39 is 0 Å². The van der Waals surface area contributed by atoms with Gasteiger partial charge in [-0.25, -0.2) is 4.57 Å². The normalized spacial score (nSPS) is 14.7. The molecular weight excluding hydrogens is 116 g/mol. The van der Waals surface area contributed by atoms with Crippen molar-refractivity contribution in [1.82, 2.24) is 0 Å². The Kier molecular flexibility index (Phi) is 0.899. The summed E-state index contributed by atoms with van der Waals surface area (Å²) in [6, 6.07) is 5.90. The van der Waals surface area contributed by atoms with Gasteiger partial charge in [-0.3, -0.25) is 0 Å². The van der Waals surface area contributed by atoms with E-state index in [9.17, 15) is 0 Å². The lowest BCUT2D eigenvalue weighted by molar-refractivity contribution is -0.698. The minimum Gasteiger partial charge on any atom is -0.204 e. The molecule has 9 heavy (non-hydrogen) atoms. The van der Waals surface area contributed by atoms with Crippen LogP contribution in [0, 0.1) is 0 Å². The first-order chi connectivity index (χ1) is 4.47. The summed E-state index contributed by atoms with van der Waals surface area (Å²) in [5.41, 5.74) is 2.76. The van der Waals surface area contributed by atoms with Gasteiger partial charge in [0.2, 0.25) is 6.73 Å². The molecule has 0 saturated carbocycles. The van der Waals surface area contributed by atoms with Gasteiger partial charge in [0.25, 0.3) is 0 Å². The van der Waals surface area contributed by atoms with Crippen LogP contribution < -0.4 is 10.0 Å². The number of nitrogens with one attached hydrogen (secondary N) is 1. The third-order valence-electron chi connectivity index (χ3n) is 1.32. The zero-order valence-electron chi connectivity index (χ0n) is 4.87. The zero-order valence-corrected chi connectivity index (χ0v) is 4.87. The first kappa shape index (κ1) is 4.76. The van der Waals surface area contributed by atoms with Crippen LogP contribution in [-0.2, 0) is 11.6 Å². The molecule has 0 aliphatic carbocycles. The fourth-order valence-corrected chi connectivity index (χ4v) is 0.857. The van der Waals surface area contributed by atoms with E-state index in [1.54, 1.807) is 0 Å². The number of rotatable bonds is 0. The van der Waals surface area contributed by atoms with Crippen LogP contribution in [0.15, 0.2) is 24.4 Å². The van der Waals surface area contributed by atoms with E-state index in [1.807, 2.05) is 29.0 Å². The highest BCUT2D eigenvalue weighted by atomic mass is 16.7. The van der Waals surface area contributed by atoms with Gasteiger partial charge in [-0.2, -0.15) is 4.84 Å². The summed E-state index contributed by atoms with van der Waals surface area (Å²) in [5, 5.41) is 0. The number of fused-ring (bicyclic) bond motifs is 1. The van der Waals surface area contributed by atoms with Gasteiger partial charge in [-0.15, -0.1) is 5.48 Å². The molecule has 1 aromatic heterocycles. The molecule has 0 fully saturated rings. The largest absolute Gasteiger partial charge is 0.306 e. The molecule has 2 rings (SSSR count). The Balaban J connectivity index is 2.54. The molecule has 0 atom stereocenters. The van der Waals surface area contributed by atoms with Crippen molar-refractivity contribution in [2.24, 2.45) is 0 Å². The van der Waals surface area contributed by atoms with E-state index in [-0.39, 0.29) is 0 Å². The molecule has 0 aromatic carbocycles. The smallest absolute Gasteiger partial charge is 0.204 e. The van der Waals surface area contributed by atoms with Crippen LogP contribution in [0.2, 0.25) is 0 Å². The van der Waals surface area contributed by atoms with Crippen molar-refractivity contribution >= 4 is 5.82 Å². The molecule has 46 valence electrons. The van der Waals surface area contributed by atoms with Crippen LogP contribution >= 0.6 is 0 Å². The van der Waals surface area contributed by atoms with E-state index in [4.69, 9.17) is 4.84 Å². The Labute approximate surface area is 52.8 Å². The minimum atomic E-state index is 0.607. The lowest BCUT2D eigenvalue weighted by atomic mass is 10.5. The second-order valence-corrected chi connectivity index (χ2v) is 1.93. The van der Waals surface area contributed by atoms with Crippen LogP contribution in [0.5, 0.6) is 0 Å². The van der Waals surface area contributed by atoms with Crippen LogP contribution in [-0.4, -0.2) is 0 Å². The molecule has 1 aliphatic rings. The average Bonchev–Trinajstić information content (AvgIpc) is 2.33. The molecule has 0 saturated heterocycles. The minimum absolute atomic E-state index is 0.607. The van der Waals surface area contributed by atoms with Crippen LogP contribution in [0.25, 0.3) is 0 Å². The van der Waals surface area contributed by atoms with Crippen molar-refractivity contribution < 1.29 is 9.40 Å². The quantitative estimate of drug-likeness (QED) is 0.501. The molecule has 0 bridgehead atoms. The van der Waals surface area contributed by atoms with Gasteiger partial charge in [-0.05, 0) is 6.07 Å². The van der Waals surface area contributed by atoms with Crippen LogP contribution in [0.1, 0.15) is 0 Å². The average molecular weight is 123 g/mol. The first-order valence-corrected chi connectivity index (χ1v) is 2.83. The van der Waals surface area contributed by atoms with Crippen LogP contribution in [0.3, 0.4) is 0 Å². The van der Waals surface area contributed by atoms with E-state index in [0.29, 0.717) is 6.73 Å². The fraction of sp³-hybridized carbons (Fsp3) is 0.167. The zero-order chi connectivity index (χ0) is 6.10. The molecule has 1 aliphatic heterocycles. The molecular formula is C6H7N2O+. The molecule has 0 radical (unpaired) electrons. The number of anilines is 1. The standard InChI is InChI=1S/C6H6N2O/c1-2-4-8-5-9-7-6(8)3-1/h1-4H,5H2/p+1. The van der Waals surface area contributed by atoms with Gasteiger partial charge in [0.15, 0.2) is 0 Å². The predicted molar refractivity (Wildman–Crippen MR) is 31.3 cm³/mol. The number of pyridine rings is 1. The van der Waals surface area contributed by atoms with Crippen LogP contribution in [0.4, 0.5) is 5.82 Å². The third kappa shape index (κ3) is 0.658. The highest BCUT2D eigenvalue weighted by Gasteiger charge is 2.14. The van der Waals surface area contributed by atoms with Crippen molar-refractivity contribution in [2.45, 2.75) is 6.73 Å². The second kappa shape index (κ2) is 1.70. The SMILES string of the molecule is c1cc[n+]2c(c1)NOC2. The summed E-state index contributed by atoms with van der Waals surface area (Å²) in [6.07, 6.45) is 1.97. The maximum absolute atomic E-state index is 4.93. The fourth-order valence-electron chi connectivity index (χ4n) is 0.857. The van der Waals surface area contributed by atoms with Gasteiger partial charge in [0.05, 0.1) is 6.20 Å². The molecule has 0 amide bonds. The first-order valence-electron chi connectivity index (χ1n) is 2.83. The van der Waals surface area contributed by atoms with Crippen molar-refractivity contribution in [3.63, 3.8) is 0 Å². The van der Waals surface area contributed by atoms with Gasteiger partial charge in [-0.1, -0.05) is 6.07 Å². The summed E-state index contributed by atoms with van der Waals surface area (Å²) < 4.78 is 1.99. The summed E-state index contributed by atoms with van der Waals surface area (Å²) in [5.74, 6) is 1.01. The van der Waals surface area contributed by atoms with Crippen molar-refractivity contribution in [2.75, 3.05) is 5.48 Å². The Morgan fingerprint density at radius 1 is 1.56 bits per heavy atom. The second-order valence-electron chi connectivity index (χ2n) is 1.93. The molecule has 3 heteroatoms. The molecule has 1 aromatic rings. The number of hydrogen-bond donors (Lipinski definition) is 1. The molecule has 0 unspecified atom stereocenters. The molecule has 1 N–H and O–H groups in total. The summed E-state index contributed by atoms with van der Waals surface area (Å²) >= 11 is 0. The molecule has 3 nitrogen and oxygen atoms in total. The number of hydrogen-bond acceptors (Lipinski definition) is 2.